The van der Waals surface area contributed by atoms with Crippen molar-refractivity contribution in [2.45, 2.75) is 4.90 Å². The van der Waals surface area contributed by atoms with Crippen molar-refractivity contribution in [1.29, 1.82) is 0 Å². The Morgan fingerprint density at radius 3 is 2.71 bits per heavy atom. The summed E-state index contributed by atoms with van der Waals surface area (Å²) < 4.78 is 5.31. The third kappa shape index (κ3) is 3.59. The zero-order valence-corrected chi connectivity index (χ0v) is 16.3. The molecule has 5 heteroatoms. The number of hydrogen-bond acceptors (Lipinski definition) is 5. The molecule has 0 amide bonds. The Kier molecular flexibility index (Phi) is 5.28. The second-order valence-corrected chi connectivity index (χ2v) is 7.52. The van der Waals surface area contributed by atoms with E-state index in [0.717, 1.165) is 17.1 Å². The van der Waals surface area contributed by atoms with Gasteiger partial charge in [0.2, 0.25) is 0 Å². The molecule has 3 aromatic carbocycles. The van der Waals surface area contributed by atoms with Gasteiger partial charge >= 0.3 is 0 Å². The first-order valence-electron chi connectivity index (χ1n) is 9.04. The molecule has 0 saturated heterocycles. The lowest BCUT2D eigenvalue weighted by atomic mass is 10.1. The Bertz CT molecular complexity index is 1070. The van der Waals surface area contributed by atoms with Gasteiger partial charge in [0.15, 0.2) is 11.5 Å². The number of rotatable bonds is 5. The van der Waals surface area contributed by atoms with Crippen LogP contribution in [0.4, 0.5) is 5.69 Å². The summed E-state index contributed by atoms with van der Waals surface area (Å²) in [6, 6.07) is 17.5. The Morgan fingerprint density at radius 1 is 1.04 bits per heavy atom. The summed E-state index contributed by atoms with van der Waals surface area (Å²) in [5.41, 5.74) is 2.02. The number of fused-ring (bicyclic) bond motifs is 3. The quantitative estimate of drug-likeness (QED) is 0.573. The maximum atomic E-state index is 9.64. The fourth-order valence-electron chi connectivity index (χ4n) is 3.25. The Morgan fingerprint density at radius 2 is 1.89 bits per heavy atom. The van der Waals surface area contributed by atoms with E-state index < -0.39 is 0 Å². The standard InChI is InChI=1S/C23H21NO3S/c1-27-14-13-24-19-11-10-17-6-2-3-7-18(17)23(19)28-22(24)8-4-5-16-9-12-20(25)21(26)15-16/h2-12,15,25-26H,13-14H2,1H3. The molecule has 1 aliphatic rings. The highest BCUT2D eigenvalue weighted by Gasteiger charge is 2.26. The third-order valence-electron chi connectivity index (χ3n) is 4.67. The molecular weight excluding hydrogens is 370 g/mol. The molecule has 142 valence electrons. The monoisotopic (exact) mass is 391 g/mol. The lowest BCUT2D eigenvalue weighted by Gasteiger charge is -2.19. The maximum absolute atomic E-state index is 9.64. The number of allylic oxidation sites excluding steroid dienone is 2. The van der Waals surface area contributed by atoms with Crippen molar-refractivity contribution in [2.24, 2.45) is 0 Å². The van der Waals surface area contributed by atoms with Crippen LogP contribution in [0.5, 0.6) is 11.5 Å². The first-order valence-corrected chi connectivity index (χ1v) is 9.85. The minimum atomic E-state index is -0.120. The summed E-state index contributed by atoms with van der Waals surface area (Å²) >= 11 is 1.76. The van der Waals surface area contributed by atoms with Crippen LogP contribution in [0, 0.1) is 0 Å². The van der Waals surface area contributed by atoms with E-state index in [2.05, 4.69) is 47.4 Å². The molecule has 0 atom stereocenters. The van der Waals surface area contributed by atoms with Crippen molar-refractivity contribution < 1.29 is 14.9 Å². The first-order chi connectivity index (χ1) is 13.7. The van der Waals surface area contributed by atoms with Crippen molar-refractivity contribution in [1.82, 2.24) is 0 Å². The molecule has 0 radical (unpaired) electrons. The Hall–Kier alpha value is -2.89. The van der Waals surface area contributed by atoms with Gasteiger partial charge < -0.3 is 19.8 Å². The van der Waals surface area contributed by atoms with Gasteiger partial charge in [-0.05, 0) is 40.6 Å². The van der Waals surface area contributed by atoms with Crippen LogP contribution < -0.4 is 4.90 Å². The van der Waals surface area contributed by atoms with Gasteiger partial charge in [0.1, 0.15) is 0 Å². The van der Waals surface area contributed by atoms with E-state index in [1.165, 1.54) is 33.5 Å². The summed E-state index contributed by atoms with van der Waals surface area (Å²) in [7, 11) is 1.71. The van der Waals surface area contributed by atoms with Crippen LogP contribution in [0.2, 0.25) is 0 Å². The number of methoxy groups -OCH3 is 1. The summed E-state index contributed by atoms with van der Waals surface area (Å²) in [5.74, 6) is -0.236. The molecule has 3 aromatic rings. The second kappa shape index (κ2) is 8.00. The molecule has 1 heterocycles. The van der Waals surface area contributed by atoms with Crippen molar-refractivity contribution in [3.05, 3.63) is 77.3 Å². The number of phenolic OH excluding ortho intramolecular Hbond substituents is 2. The smallest absolute Gasteiger partial charge is 0.157 e. The summed E-state index contributed by atoms with van der Waals surface area (Å²) in [5, 5.41) is 22.7. The Labute approximate surface area is 168 Å². The van der Waals surface area contributed by atoms with E-state index >= 15 is 0 Å². The zero-order chi connectivity index (χ0) is 19.5. The summed E-state index contributed by atoms with van der Waals surface area (Å²) in [6.07, 6.45) is 5.93. The molecule has 0 aromatic heterocycles. The normalized spacial score (nSPS) is 15.0. The van der Waals surface area contributed by atoms with Gasteiger partial charge in [0, 0.05) is 18.6 Å². The fourth-order valence-corrected chi connectivity index (χ4v) is 4.49. The highest BCUT2D eigenvalue weighted by Crippen LogP contribution is 2.49. The van der Waals surface area contributed by atoms with Gasteiger partial charge in [-0.2, -0.15) is 0 Å². The molecule has 0 unspecified atom stereocenters. The number of ether oxygens (including phenoxy) is 1. The van der Waals surface area contributed by atoms with Gasteiger partial charge in [-0.1, -0.05) is 60.3 Å². The lowest BCUT2D eigenvalue weighted by molar-refractivity contribution is 0.207. The maximum Gasteiger partial charge on any atom is 0.157 e. The van der Waals surface area contributed by atoms with Crippen LogP contribution in [0.25, 0.3) is 16.8 Å². The van der Waals surface area contributed by atoms with Crippen molar-refractivity contribution in [3.8, 4) is 11.5 Å². The number of anilines is 1. The van der Waals surface area contributed by atoms with E-state index in [1.807, 2.05) is 12.2 Å². The molecule has 1 aliphatic heterocycles. The molecule has 0 spiro atoms. The fraction of sp³-hybridized carbons (Fsp3) is 0.130. The highest BCUT2D eigenvalue weighted by molar-refractivity contribution is 8.04. The Balaban J connectivity index is 1.66. The molecule has 0 aliphatic carbocycles. The summed E-state index contributed by atoms with van der Waals surface area (Å²) in [4.78, 5) is 3.53. The second-order valence-electron chi connectivity index (χ2n) is 6.49. The minimum Gasteiger partial charge on any atom is -0.504 e. The zero-order valence-electron chi connectivity index (χ0n) is 15.5. The van der Waals surface area contributed by atoms with Crippen LogP contribution in [0.1, 0.15) is 5.56 Å². The van der Waals surface area contributed by atoms with E-state index in [1.54, 1.807) is 24.9 Å². The molecule has 0 saturated carbocycles. The first kappa shape index (κ1) is 18.5. The largest absolute Gasteiger partial charge is 0.504 e. The van der Waals surface area contributed by atoms with Gasteiger partial charge in [0.05, 0.1) is 17.3 Å². The van der Waals surface area contributed by atoms with E-state index in [0.29, 0.717) is 6.61 Å². The number of benzene rings is 3. The molecule has 28 heavy (non-hydrogen) atoms. The van der Waals surface area contributed by atoms with Crippen LogP contribution >= 0.6 is 11.8 Å². The topological polar surface area (TPSA) is 52.9 Å². The highest BCUT2D eigenvalue weighted by atomic mass is 32.2. The average molecular weight is 391 g/mol. The predicted molar refractivity (Wildman–Crippen MR) is 116 cm³/mol. The molecule has 0 bridgehead atoms. The van der Waals surface area contributed by atoms with Gasteiger partial charge in [0.25, 0.3) is 0 Å². The molecule has 4 nitrogen and oxygen atoms in total. The number of aromatic hydroxyl groups is 2. The van der Waals surface area contributed by atoms with Crippen LogP contribution in [-0.2, 0) is 4.74 Å². The van der Waals surface area contributed by atoms with Gasteiger partial charge in [-0.15, -0.1) is 0 Å². The minimum absolute atomic E-state index is 0.116. The third-order valence-corrected chi connectivity index (χ3v) is 5.87. The predicted octanol–water partition coefficient (Wildman–Crippen LogP) is 5.36. The average Bonchev–Trinajstić information content (AvgIpc) is 3.07. The van der Waals surface area contributed by atoms with E-state index in [4.69, 9.17) is 4.74 Å². The summed E-state index contributed by atoms with van der Waals surface area (Å²) in [6.45, 7) is 1.41. The lowest BCUT2D eigenvalue weighted by Crippen LogP contribution is -2.22. The van der Waals surface area contributed by atoms with Crippen molar-refractivity contribution in [3.63, 3.8) is 0 Å². The van der Waals surface area contributed by atoms with Crippen molar-refractivity contribution >= 4 is 34.3 Å². The van der Waals surface area contributed by atoms with Crippen molar-refractivity contribution in [2.75, 3.05) is 25.2 Å². The number of thioether (sulfide) groups is 1. The van der Waals surface area contributed by atoms with Crippen LogP contribution in [-0.4, -0.2) is 30.5 Å². The van der Waals surface area contributed by atoms with Gasteiger partial charge in [-0.25, -0.2) is 0 Å². The van der Waals surface area contributed by atoms with E-state index in [-0.39, 0.29) is 11.5 Å². The van der Waals surface area contributed by atoms with E-state index in [9.17, 15) is 10.2 Å². The number of hydrogen-bond donors (Lipinski definition) is 2. The van der Waals surface area contributed by atoms with Crippen LogP contribution in [0.3, 0.4) is 0 Å². The van der Waals surface area contributed by atoms with Gasteiger partial charge in [-0.3, -0.25) is 0 Å². The number of phenols is 2. The molecular formula is C23H21NO3S. The number of nitrogens with zero attached hydrogens (tertiary/aromatic N) is 1. The molecule has 2 N–H and O–H groups in total. The SMILES string of the molecule is COCCN1C(=CC=Cc2ccc(O)c(O)c2)Sc2c1ccc1ccccc21. The molecule has 0 fully saturated rings. The van der Waals surface area contributed by atoms with Crippen LogP contribution in [0.15, 0.2) is 76.7 Å². The molecule has 4 rings (SSSR count).